The smallest absolute Gasteiger partial charge is 0.231 e. The number of guanidine groups is 1. The van der Waals surface area contributed by atoms with Crippen LogP contribution in [0.25, 0.3) is 0 Å². The summed E-state index contributed by atoms with van der Waals surface area (Å²) in [5.41, 5.74) is 9.43. The number of nitrogens with zero attached hydrogens (tertiary/aromatic N) is 2. The molecule has 0 radical (unpaired) electrons. The van der Waals surface area contributed by atoms with Crippen LogP contribution in [0, 0.1) is 23.7 Å². The molecule has 5 nitrogen and oxygen atoms in total. The molecule has 154 valence electrons. The first-order valence-corrected chi connectivity index (χ1v) is 10.8. The predicted octanol–water partition coefficient (Wildman–Crippen LogP) is 3.41. The number of carbonyl (C=O) groups is 1. The van der Waals surface area contributed by atoms with Crippen LogP contribution in [0.4, 0.5) is 0 Å². The van der Waals surface area contributed by atoms with Gasteiger partial charge >= 0.3 is 0 Å². The number of rotatable bonds is 4. The number of hydrogen-bond donors (Lipinski definition) is 1. The van der Waals surface area contributed by atoms with Crippen molar-refractivity contribution in [2.45, 2.75) is 63.5 Å². The van der Waals surface area contributed by atoms with Crippen molar-refractivity contribution in [3.8, 4) is 11.8 Å². The van der Waals surface area contributed by atoms with Gasteiger partial charge in [0.15, 0.2) is 5.96 Å². The van der Waals surface area contributed by atoms with Crippen molar-refractivity contribution >= 4 is 11.9 Å². The molecule has 4 rings (SSSR count). The Morgan fingerprint density at radius 3 is 2.62 bits per heavy atom. The fraction of sp³-hybridized carbons (Fsp3) is 0.583. The lowest BCUT2D eigenvalue weighted by atomic mass is 9.81. The molecule has 1 unspecified atom stereocenters. The average Bonchev–Trinajstić information content (AvgIpc) is 3.56. The Balaban J connectivity index is 1.60. The monoisotopic (exact) mass is 393 g/mol. The van der Waals surface area contributed by atoms with E-state index in [1.807, 2.05) is 7.11 Å². The van der Waals surface area contributed by atoms with E-state index >= 15 is 0 Å². The van der Waals surface area contributed by atoms with Crippen molar-refractivity contribution in [1.29, 1.82) is 0 Å². The maximum Gasteiger partial charge on any atom is 0.231 e. The molecule has 1 amide bonds. The molecule has 29 heavy (non-hydrogen) atoms. The van der Waals surface area contributed by atoms with Gasteiger partial charge in [0, 0.05) is 25.6 Å². The second kappa shape index (κ2) is 8.59. The summed E-state index contributed by atoms with van der Waals surface area (Å²) in [6, 6.07) is 6.25. The molecule has 3 aliphatic rings. The first-order valence-electron chi connectivity index (χ1n) is 10.8. The molecule has 2 fully saturated rings. The van der Waals surface area contributed by atoms with E-state index in [1.165, 1.54) is 36.1 Å². The molecule has 0 spiro atoms. The normalized spacial score (nSPS) is 27.2. The van der Waals surface area contributed by atoms with Crippen molar-refractivity contribution in [3.63, 3.8) is 0 Å². The fourth-order valence-electron chi connectivity index (χ4n) is 4.37. The van der Waals surface area contributed by atoms with E-state index in [2.05, 4.69) is 35.0 Å². The zero-order valence-corrected chi connectivity index (χ0v) is 17.5. The van der Waals surface area contributed by atoms with Crippen molar-refractivity contribution in [2.75, 3.05) is 14.2 Å². The van der Waals surface area contributed by atoms with Gasteiger partial charge < -0.3 is 10.5 Å². The summed E-state index contributed by atoms with van der Waals surface area (Å²) in [7, 11) is 3.49. The van der Waals surface area contributed by atoms with Crippen molar-refractivity contribution < 1.29 is 9.53 Å². The molecule has 1 aromatic rings. The molecule has 1 heterocycles. The van der Waals surface area contributed by atoms with Gasteiger partial charge in [-0.05, 0) is 74.1 Å². The Hall–Kier alpha value is -2.32. The van der Waals surface area contributed by atoms with Crippen molar-refractivity contribution in [1.82, 2.24) is 4.90 Å². The molecule has 0 saturated heterocycles. The van der Waals surface area contributed by atoms with Gasteiger partial charge in [-0.2, -0.15) is 0 Å². The summed E-state index contributed by atoms with van der Waals surface area (Å²) >= 11 is 0. The topological polar surface area (TPSA) is 67.9 Å². The number of benzene rings is 1. The first-order chi connectivity index (χ1) is 14.0. The third-order valence-corrected chi connectivity index (χ3v) is 6.51. The summed E-state index contributed by atoms with van der Waals surface area (Å²) in [6.45, 7) is 0. The number of amides is 1. The molecule has 5 heteroatoms. The minimum Gasteiger partial charge on any atom is -0.381 e. The highest BCUT2D eigenvalue weighted by Gasteiger charge is 2.29. The molecule has 2 N–H and O–H groups in total. The Bertz CT molecular complexity index is 855. The zero-order chi connectivity index (χ0) is 20.4. The minimum atomic E-state index is -0.216. The molecule has 2 saturated carbocycles. The molecular formula is C24H31N3O2. The van der Waals surface area contributed by atoms with Crippen LogP contribution >= 0.6 is 0 Å². The van der Waals surface area contributed by atoms with Crippen molar-refractivity contribution in [2.24, 2.45) is 22.6 Å². The summed E-state index contributed by atoms with van der Waals surface area (Å²) in [6.07, 6.45) is 8.81. The van der Waals surface area contributed by atoms with Crippen LogP contribution in [0.1, 0.15) is 67.7 Å². The number of ether oxygens (including phenoxy) is 1. The molecule has 1 aromatic carbocycles. The maximum absolute atomic E-state index is 12.4. The Labute approximate surface area is 173 Å². The van der Waals surface area contributed by atoms with Crippen LogP contribution in [0.5, 0.6) is 0 Å². The van der Waals surface area contributed by atoms with Gasteiger partial charge in [0.2, 0.25) is 5.91 Å². The third-order valence-electron chi connectivity index (χ3n) is 6.51. The van der Waals surface area contributed by atoms with Gasteiger partial charge in [-0.1, -0.05) is 17.9 Å². The molecule has 1 atom stereocenters. The minimum absolute atomic E-state index is 0.0171. The molecule has 2 aliphatic carbocycles. The van der Waals surface area contributed by atoms with E-state index in [0.29, 0.717) is 30.3 Å². The molecular weight excluding hydrogens is 362 g/mol. The number of methoxy groups -OCH3 is 1. The number of carbonyl (C=O) groups excluding carboxylic acids is 1. The van der Waals surface area contributed by atoms with E-state index in [4.69, 9.17) is 10.5 Å². The average molecular weight is 394 g/mol. The van der Waals surface area contributed by atoms with Gasteiger partial charge in [0.1, 0.15) is 0 Å². The lowest BCUT2D eigenvalue weighted by Crippen LogP contribution is -2.43. The Morgan fingerprint density at radius 2 is 1.97 bits per heavy atom. The van der Waals surface area contributed by atoms with Crippen LogP contribution in [0.3, 0.4) is 0 Å². The SMILES string of the molecule is COC1CCC(Cc2ccc(C#CC3CC3)cc2C2CC(=O)N(C)C(N)=N2)CC1. The first kappa shape index (κ1) is 20.0. The zero-order valence-electron chi connectivity index (χ0n) is 17.5. The van der Waals surface area contributed by atoms with Crippen LogP contribution < -0.4 is 5.73 Å². The molecule has 0 aromatic heterocycles. The van der Waals surface area contributed by atoms with Gasteiger partial charge in [0.25, 0.3) is 0 Å². The van der Waals surface area contributed by atoms with Gasteiger partial charge in [0.05, 0.1) is 18.6 Å². The molecule has 0 bridgehead atoms. The largest absolute Gasteiger partial charge is 0.381 e. The van der Waals surface area contributed by atoms with Gasteiger partial charge in [-0.3, -0.25) is 9.69 Å². The Kier molecular flexibility index (Phi) is 5.91. The highest BCUT2D eigenvalue weighted by Crippen LogP contribution is 2.34. The third kappa shape index (κ3) is 4.82. The van der Waals surface area contributed by atoms with Crippen LogP contribution in [-0.4, -0.2) is 37.0 Å². The van der Waals surface area contributed by atoms with E-state index in [9.17, 15) is 4.79 Å². The second-order valence-corrected chi connectivity index (χ2v) is 8.70. The Morgan fingerprint density at radius 1 is 1.21 bits per heavy atom. The van der Waals surface area contributed by atoms with Crippen LogP contribution in [-0.2, 0) is 16.0 Å². The maximum atomic E-state index is 12.4. The van der Waals surface area contributed by atoms with E-state index in [1.54, 1.807) is 7.05 Å². The predicted molar refractivity (Wildman–Crippen MR) is 114 cm³/mol. The summed E-state index contributed by atoms with van der Waals surface area (Å²) in [5.74, 6) is 8.18. The second-order valence-electron chi connectivity index (χ2n) is 8.70. The summed E-state index contributed by atoms with van der Waals surface area (Å²) < 4.78 is 5.52. The van der Waals surface area contributed by atoms with Crippen molar-refractivity contribution in [3.05, 3.63) is 34.9 Å². The fourth-order valence-corrected chi connectivity index (χ4v) is 4.37. The van der Waals surface area contributed by atoms with E-state index in [0.717, 1.165) is 30.4 Å². The number of aliphatic imine (C=N–C) groups is 1. The lowest BCUT2D eigenvalue weighted by molar-refractivity contribution is -0.127. The highest BCUT2D eigenvalue weighted by molar-refractivity contribution is 5.98. The lowest BCUT2D eigenvalue weighted by Gasteiger charge is -2.30. The van der Waals surface area contributed by atoms with Crippen LogP contribution in [0.15, 0.2) is 23.2 Å². The van der Waals surface area contributed by atoms with Crippen LogP contribution in [0.2, 0.25) is 0 Å². The quantitative estimate of drug-likeness (QED) is 0.797. The molecule has 1 aliphatic heterocycles. The highest BCUT2D eigenvalue weighted by atomic mass is 16.5. The summed E-state index contributed by atoms with van der Waals surface area (Å²) in [5, 5.41) is 0. The number of hydrogen-bond acceptors (Lipinski definition) is 4. The van der Waals surface area contributed by atoms with E-state index in [-0.39, 0.29) is 11.9 Å². The van der Waals surface area contributed by atoms with Gasteiger partial charge in [-0.25, -0.2) is 4.99 Å². The number of nitrogens with two attached hydrogens (primary N) is 1. The standard InChI is InChI=1S/C24H31N3O2/c1-27-23(28)15-22(26-24(27)25)21-14-18(6-5-16-3-4-16)7-10-19(21)13-17-8-11-20(29-2)12-9-17/h7,10,14,16-17,20,22H,3-4,8-9,11-13,15H2,1-2H3,(H2,25,26). The van der Waals surface area contributed by atoms with Gasteiger partial charge in [-0.15, -0.1) is 0 Å². The summed E-state index contributed by atoms with van der Waals surface area (Å²) in [4.78, 5) is 18.5. The van der Waals surface area contributed by atoms with E-state index < -0.39 is 0 Å².